The van der Waals surface area contributed by atoms with Crippen molar-refractivity contribution in [2.75, 3.05) is 11.9 Å². The molecule has 1 N–H and O–H groups in total. The van der Waals surface area contributed by atoms with Crippen molar-refractivity contribution in [3.05, 3.63) is 46.2 Å². The summed E-state index contributed by atoms with van der Waals surface area (Å²) in [7, 11) is 0. The molecule has 0 saturated carbocycles. The van der Waals surface area contributed by atoms with E-state index in [0.717, 1.165) is 0 Å². The Kier molecular flexibility index (Phi) is 5.39. The van der Waals surface area contributed by atoms with Gasteiger partial charge in [0, 0.05) is 10.6 Å². The lowest BCUT2D eigenvalue weighted by Gasteiger charge is -2.07. The lowest BCUT2D eigenvalue weighted by molar-refractivity contribution is -0.144. The summed E-state index contributed by atoms with van der Waals surface area (Å²) < 4.78 is 6.43. The van der Waals surface area contributed by atoms with Crippen molar-refractivity contribution in [2.45, 2.75) is 27.3 Å². The van der Waals surface area contributed by atoms with Gasteiger partial charge in [-0.2, -0.15) is 5.10 Å². The molecule has 7 heteroatoms. The summed E-state index contributed by atoms with van der Waals surface area (Å²) in [4.78, 5) is 23.9. The van der Waals surface area contributed by atoms with Gasteiger partial charge in [-0.15, -0.1) is 0 Å². The molecule has 0 aliphatic rings. The molecule has 0 atom stereocenters. The molecule has 0 aliphatic carbocycles. The molecule has 1 aromatic carbocycles. The Morgan fingerprint density at radius 2 is 1.91 bits per heavy atom. The lowest BCUT2D eigenvalue weighted by Crippen LogP contribution is -2.16. The number of ether oxygens (including phenoxy) is 1. The maximum Gasteiger partial charge on any atom is 0.327 e. The molecular formula is C16H18ClN3O3. The second-order valence-corrected chi connectivity index (χ2v) is 5.41. The monoisotopic (exact) mass is 335 g/mol. The minimum absolute atomic E-state index is 0.0112. The Morgan fingerprint density at radius 1 is 1.26 bits per heavy atom. The number of halogens is 1. The summed E-state index contributed by atoms with van der Waals surface area (Å²) in [5.41, 5.74) is 2.41. The molecule has 6 nitrogen and oxygen atoms in total. The van der Waals surface area contributed by atoms with Crippen LogP contribution in [0.4, 0.5) is 5.69 Å². The van der Waals surface area contributed by atoms with Crippen LogP contribution in [0.2, 0.25) is 5.02 Å². The predicted octanol–water partition coefficient (Wildman–Crippen LogP) is 2.97. The molecule has 0 unspecified atom stereocenters. The van der Waals surface area contributed by atoms with Crippen LogP contribution in [0.15, 0.2) is 24.3 Å². The topological polar surface area (TPSA) is 73.2 Å². The zero-order chi connectivity index (χ0) is 17.0. The Morgan fingerprint density at radius 3 is 2.52 bits per heavy atom. The summed E-state index contributed by atoms with van der Waals surface area (Å²) in [6.45, 7) is 5.63. The van der Waals surface area contributed by atoms with Gasteiger partial charge in [0.15, 0.2) is 0 Å². The Balaban J connectivity index is 2.17. The van der Waals surface area contributed by atoms with Gasteiger partial charge in [0.2, 0.25) is 0 Å². The van der Waals surface area contributed by atoms with Crippen LogP contribution in [0, 0.1) is 13.8 Å². The number of hydrogen-bond donors (Lipinski definition) is 1. The number of hydrogen-bond acceptors (Lipinski definition) is 4. The second-order valence-electron chi connectivity index (χ2n) is 4.97. The zero-order valence-corrected chi connectivity index (χ0v) is 14.0. The van der Waals surface area contributed by atoms with Gasteiger partial charge in [-0.1, -0.05) is 11.6 Å². The average molecular weight is 336 g/mol. The largest absolute Gasteiger partial charge is 0.465 e. The fourth-order valence-electron chi connectivity index (χ4n) is 2.15. The third kappa shape index (κ3) is 4.10. The predicted molar refractivity (Wildman–Crippen MR) is 87.7 cm³/mol. The van der Waals surface area contributed by atoms with E-state index in [4.69, 9.17) is 16.3 Å². The van der Waals surface area contributed by atoms with E-state index in [1.807, 2.05) is 0 Å². The van der Waals surface area contributed by atoms with Crippen molar-refractivity contribution in [1.29, 1.82) is 0 Å². The van der Waals surface area contributed by atoms with Gasteiger partial charge in [-0.25, -0.2) is 0 Å². The van der Waals surface area contributed by atoms with E-state index in [2.05, 4.69) is 10.4 Å². The summed E-state index contributed by atoms with van der Waals surface area (Å²) in [5, 5.41) is 7.66. The maximum absolute atomic E-state index is 12.3. The molecule has 1 heterocycles. The normalized spacial score (nSPS) is 10.4. The van der Waals surface area contributed by atoms with Crippen LogP contribution in [-0.2, 0) is 16.1 Å². The van der Waals surface area contributed by atoms with Gasteiger partial charge >= 0.3 is 5.97 Å². The molecule has 0 radical (unpaired) electrons. The number of esters is 1. The first-order chi connectivity index (χ1) is 10.9. The van der Waals surface area contributed by atoms with Crippen molar-refractivity contribution in [2.24, 2.45) is 0 Å². The van der Waals surface area contributed by atoms with Gasteiger partial charge in [0.25, 0.3) is 5.91 Å². The summed E-state index contributed by atoms with van der Waals surface area (Å²) >= 11 is 5.82. The number of anilines is 1. The number of aryl methyl sites for hydroxylation is 1. The standard InChI is InChI=1S/C16H18ClN3O3/c1-4-23-14(21)9-20-11(3)15(10(2)19-20)18-16(22)12-5-7-13(17)8-6-12/h5-8H,4,9H2,1-3H3,(H,18,22). The fourth-order valence-corrected chi connectivity index (χ4v) is 2.27. The van der Waals surface area contributed by atoms with Gasteiger partial charge in [-0.05, 0) is 45.0 Å². The minimum atomic E-state index is -0.367. The van der Waals surface area contributed by atoms with E-state index < -0.39 is 0 Å². The number of rotatable bonds is 5. The molecule has 0 saturated heterocycles. The van der Waals surface area contributed by atoms with Crippen molar-refractivity contribution in [1.82, 2.24) is 9.78 Å². The molecule has 0 spiro atoms. The van der Waals surface area contributed by atoms with Gasteiger partial charge in [0.1, 0.15) is 6.54 Å². The van der Waals surface area contributed by atoms with E-state index in [1.165, 1.54) is 4.68 Å². The molecule has 2 rings (SSSR count). The summed E-state index contributed by atoms with van der Waals surface area (Å²) in [5.74, 6) is -0.628. The highest BCUT2D eigenvalue weighted by atomic mass is 35.5. The number of aromatic nitrogens is 2. The van der Waals surface area contributed by atoms with Gasteiger partial charge in [0.05, 0.1) is 23.7 Å². The van der Waals surface area contributed by atoms with Crippen molar-refractivity contribution in [3.63, 3.8) is 0 Å². The number of carbonyl (C=O) groups is 2. The fraction of sp³-hybridized carbons (Fsp3) is 0.312. The van der Waals surface area contributed by atoms with E-state index in [-0.39, 0.29) is 18.4 Å². The molecule has 0 aliphatic heterocycles. The van der Waals surface area contributed by atoms with Crippen LogP contribution < -0.4 is 5.32 Å². The van der Waals surface area contributed by atoms with Crippen LogP contribution in [0.3, 0.4) is 0 Å². The smallest absolute Gasteiger partial charge is 0.327 e. The first-order valence-corrected chi connectivity index (χ1v) is 7.56. The van der Waals surface area contributed by atoms with Crippen LogP contribution in [0.25, 0.3) is 0 Å². The molecule has 0 bridgehead atoms. The Hall–Kier alpha value is -2.34. The number of nitrogens with one attached hydrogen (secondary N) is 1. The maximum atomic E-state index is 12.3. The second kappa shape index (κ2) is 7.28. The molecule has 0 fully saturated rings. The molecule has 122 valence electrons. The lowest BCUT2D eigenvalue weighted by atomic mass is 10.2. The van der Waals surface area contributed by atoms with Crippen molar-refractivity contribution < 1.29 is 14.3 Å². The van der Waals surface area contributed by atoms with Crippen molar-refractivity contribution >= 4 is 29.2 Å². The third-order valence-corrected chi connectivity index (χ3v) is 3.56. The molecule has 23 heavy (non-hydrogen) atoms. The summed E-state index contributed by atoms with van der Waals surface area (Å²) in [6.07, 6.45) is 0. The van der Waals surface area contributed by atoms with E-state index >= 15 is 0 Å². The molecule has 2 aromatic rings. The molecule has 1 amide bonds. The Labute approximate surface area is 139 Å². The van der Waals surface area contributed by atoms with Crippen molar-refractivity contribution in [3.8, 4) is 0 Å². The van der Waals surface area contributed by atoms with Crippen LogP contribution in [-0.4, -0.2) is 28.3 Å². The number of benzene rings is 1. The summed E-state index contributed by atoms with van der Waals surface area (Å²) in [6, 6.07) is 6.59. The van der Waals surface area contributed by atoms with Crippen LogP contribution in [0.1, 0.15) is 28.7 Å². The number of amides is 1. The first-order valence-electron chi connectivity index (χ1n) is 7.19. The average Bonchev–Trinajstić information content (AvgIpc) is 2.75. The van der Waals surface area contributed by atoms with E-state index in [9.17, 15) is 9.59 Å². The number of carbonyl (C=O) groups excluding carboxylic acids is 2. The highest BCUT2D eigenvalue weighted by Gasteiger charge is 2.17. The SMILES string of the molecule is CCOC(=O)Cn1nc(C)c(NC(=O)c2ccc(Cl)cc2)c1C. The zero-order valence-electron chi connectivity index (χ0n) is 13.2. The van der Waals surface area contributed by atoms with Gasteiger partial charge in [-0.3, -0.25) is 14.3 Å². The highest BCUT2D eigenvalue weighted by Crippen LogP contribution is 2.21. The number of nitrogens with zero attached hydrogens (tertiary/aromatic N) is 2. The van der Waals surface area contributed by atoms with Crippen LogP contribution in [0.5, 0.6) is 0 Å². The van der Waals surface area contributed by atoms with Crippen LogP contribution >= 0.6 is 11.6 Å². The first kappa shape index (κ1) is 17.0. The highest BCUT2D eigenvalue weighted by molar-refractivity contribution is 6.30. The third-order valence-electron chi connectivity index (χ3n) is 3.31. The molecule has 1 aromatic heterocycles. The minimum Gasteiger partial charge on any atom is -0.465 e. The van der Waals surface area contributed by atoms with Gasteiger partial charge < -0.3 is 10.1 Å². The van der Waals surface area contributed by atoms with E-state index in [0.29, 0.717) is 34.3 Å². The quantitative estimate of drug-likeness (QED) is 0.852. The Bertz CT molecular complexity index is 723. The van der Waals surface area contributed by atoms with E-state index in [1.54, 1.807) is 45.0 Å². The molecular weight excluding hydrogens is 318 g/mol.